The molecule has 7 nitrogen and oxygen atoms in total. The summed E-state index contributed by atoms with van der Waals surface area (Å²) in [5.41, 5.74) is 1.72. The molecular formula is C25H27F3N6O. The molecule has 2 saturated heterocycles. The lowest BCUT2D eigenvalue weighted by molar-refractivity contribution is -0.142. The first-order valence-electron chi connectivity index (χ1n) is 11.5. The van der Waals surface area contributed by atoms with Crippen LogP contribution in [0.2, 0.25) is 0 Å². The van der Waals surface area contributed by atoms with Gasteiger partial charge in [-0.1, -0.05) is 12.1 Å². The third kappa shape index (κ3) is 4.15. The second-order valence-corrected chi connectivity index (χ2v) is 9.80. The Morgan fingerprint density at radius 1 is 1.14 bits per heavy atom. The van der Waals surface area contributed by atoms with E-state index in [2.05, 4.69) is 25.2 Å². The van der Waals surface area contributed by atoms with Crippen molar-refractivity contribution in [2.45, 2.75) is 39.9 Å². The Hall–Kier alpha value is -3.43. The number of anilines is 2. The van der Waals surface area contributed by atoms with Gasteiger partial charge in [0.05, 0.1) is 28.9 Å². The number of rotatable bonds is 4. The number of fused-ring (bicyclic) bond motifs is 1. The topological polar surface area (TPSA) is 74.2 Å². The maximum Gasteiger partial charge on any atom is 0.416 e. The Labute approximate surface area is 201 Å². The second kappa shape index (κ2) is 8.07. The van der Waals surface area contributed by atoms with Crippen LogP contribution >= 0.6 is 0 Å². The number of benzene rings is 1. The van der Waals surface area contributed by atoms with E-state index in [1.807, 2.05) is 17.9 Å². The van der Waals surface area contributed by atoms with Crippen molar-refractivity contribution in [3.05, 3.63) is 53.0 Å². The minimum absolute atomic E-state index is 0.106. The predicted octanol–water partition coefficient (Wildman–Crippen LogP) is 4.50. The summed E-state index contributed by atoms with van der Waals surface area (Å²) in [4.78, 5) is 29.1. The highest BCUT2D eigenvalue weighted by Gasteiger charge is 2.52. The molecule has 2 aliphatic heterocycles. The third-order valence-electron chi connectivity index (χ3n) is 7.07. The van der Waals surface area contributed by atoms with Gasteiger partial charge in [0.2, 0.25) is 5.91 Å². The van der Waals surface area contributed by atoms with Crippen molar-refractivity contribution in [2.75, 3.05) is 36.4 Å². The zero-order valence-corrected chi connectivity index (χ0v) is 20.1. The Kier molecular flexibility index (Phi) is 5.37. The lowest BCUT2D eigenvalue weighted by atomic mass is 9.72. The van der Waals surface area contributed by atoms with Gasteiger partial charge in [0.15, 0.2) is 5.65 Å². The number of carbonyl (C=O) groups is 1. The lowest BCUT2D eigenvalue weighted by Gasteiger charge is -2.60. The van der Waals surface area contributed by atoms with Crippen molar-refractivity contribution in [3.63, 3.8) is 0 Å². The molecular weight excluding hydrogens is 457 g/mol. The maximum absolute atomic E-state index is 13.4. The number of aromatic nitrogens is 3. The Balaban J connectivity index is 1.40. The smallest absolute Gasteiger partial charge is 0.369 e. The molecule has 35 heavy (non-hydrogen) atoms. The Bertz CT molecular complexity index is 1310. The van der Waals surface area contributed by atoms with E-state index in [0.717, 1.165) is 37.9 Å². The number of hydrogen-bond acceptors (Lipinski definition) is 6. The Morgan fingerprint density at radius 2 is 1.86 bits per heavy atom. The van der Waals surface area contributed by atoms with Gasteiger partial charge in [0.25, 0.3) is 0 Å². The SMILES string of the molecule is CC(=O)N1CC2(C1)CN(c1cnc3nc(C)nc(NC(C)c4cccc(C(F)(F)F)c4C)c3c1)C2. The van der Waals surface area contributed by atoms with E-state index in [4.69, 9.17) is 0 Å². The molecule has 2 aromatic heterocycles. The van der Waals surface area contributed by atoms with E-state index >= 15 is 0 Å². The fraction of sp³-hybridized carbons (Fsp3) is 0.440. The lowest BCUT2D eigenvalue weighted by Crippen LogP contribution is -2.72. The summed E-state index contributed by atoms with van der Waals surface area (Å²) in [6, 6.07) is 5.79. The molecule has 2 fully saturated rings. The average molecular weight is 485 g/mol. The van der Waals surface area contributed by atoms with Crippen LogP contribution < -0.4 is 10.2 Å². The van der Waals surface area contributed by atoms with Crippen LogP contribution in [-0.4, -0.2) is 51.9 Å². The van der Waals surface area contributed by atoms with E-state index in [-0.39, 0.29) is 16.9 Å². The minimum atomic E-state index is -4.41. The minimum Gasteiger partial charge on any atom is -0.369 e. The molecule has 0 bridgehead atoms. The van der Waals surface area contributed by atoms with Crippen LogP contribution in [0.4, 0.5) is 24.7 Å². The van der Waals surface area contributed by atoms with E-state index in [0.29, 0.717) is 28.2 Å². The van der Waals surface area contributed by atoms with E-state index in [1.54, 1.807) is 26.1 Å². The molecule has 184 valence electrons. The monoisotopic (exact) mass is 484 g/mol. The van der Waals surface area contributed by atoms with Gasteiger partial charge in [0.1, 0.15) is 11.6 Å². The highest BCUT2D eigenvalue weighted by Crippen LogP contribution is 2.42. The summed E-state index contributed by atoms with van der Waals surface area (Å²) in [5.74, 6) is 1.16. The van der Waals surface area contributed by atoms with Crippen LogP contribution in [0.1, 0.15) is 42.4 Å². The molecule has 0 radical (unpaired) electrons. The number of alkyl halides is 3. The van der Waals surface area contributed by atoms with Crippen molar-refractivity contribution < 1.29 is 18.0 Å². The largest absolute Gasteiger partial charge is 0.416 e. The highest BCUT2D eigenvalue weighted by atomic mass is 19.4. The second-order valence-electron chi connectivity index (χ2n) is 9.80. The molecule has 0 aliphatic carbocycles. The maximum atomic E-state index is 13.4. The number of halogens is 3. The number of nitrogens with zero attached hydrogens (tertiary/aromatic N) is 5. The van der Waals surface area contributed by atoms with Gasteiger partial charge in [-0.05, 0) is 44.0 Å². The number of amides is 1. The zero-order chi connectivity index (χ0) is 25.1. The summed E-state index contributed by atoms with van der Waals surface area (Å²) in [5, 5.41) is 4.01. The molecule has 3 aromatic rings. The van der Waals surface area contributed by atoms with Crippen molar-refractivity contribution >= 4 is 28.4 Å². The standard InChI is InChI=1S/C25H27F3N6O/c1-14-19(6-5-7-21(14)25(26,27)28)15(2)30-23-20-8-18(9-29-22(20)31-16(3)32-23)34-12-24(13-34)10-33(11-24)17(4)35/h5-9,15H,10-13H2,1-4H3,(H,29,30,31,32). The van der Waals surface area contributed by atoms with Gasteiger partial charge >= 0.3 is 6.18 Å². The number of likely N-dealkylation sites (tertiary alicyclic amines) is 1. The van der Waals surface area contributed by atoms with Gasteiger partial charge in [-0.2, -0.15) is 13.2 Å². The van der Waals surface area contributed by atoms with Crippen LogP contribution in [0, 0.1) is 19.3 Å². The molecule has 1 aromatic carbocycles. The number of nitrogens with one attached hydrogen (secondary N) is 1. The summed E-state index contributed by atoms with van der Waals surface area (Å²) < 4.78 is 40.2. The van der Waals surface area contributed by atoms with Crippen molar-refractivity contribution in [1.82, 2.24) is 19.9 Å². The quantitative estimate of drug-likeness (QED) is 0.588. The first kappa shape index (κ1) is 23.3. The molecule has 10 heteroatoms. The van der Waals surface area contributed by atoms with Crippen LogP contribution in [-0.2, 0) is 11.0 Å². The van der Waals surface area contributed by atoms with Gasteiger partial charge < -0.3 is 15.1 Å². The van der Waals surface area contributed by atoms with Gasteiger partial charge in [-0.3, -0.25) is 4.79 Å². The summed E-state index contributed by atoms with van der Waals surface area (Å²) >= 11 is 0. The predicted molar refractivity (Wildman–Crippen MR) is 127 cm³/mol. The fourth-order valence-corrected chi connectivity index (χ4v) is 5.24. The molecule has 0 saturated carbocycles. The highest BCUT2D eigenvalue weighted by molar-refractivity contribution is 5.89. The number of pyridine rings is 1. The summed E-state index contributed by atoms with van der Waals surface area (Å²) in [7, 11) is 0. The van der Waals surface area contributed by atoms with Crippen LogP contribution in [0.25, 0.3) is 11.0 Å². The third-order valence-corrected chi connectivity index (χ3v) is 7.07. The first-order valence-corrected chi connectivity index (χ1v) is 11.5. The molecule has 2 aliphatic rings. The molecule has 4 heterocycles. The van der Waals surface area contributed by atoms with Gasteiger partial charge in [-0.15, -0.1) is 0 Å². The van der Waals surface area contributed by atoms with Gasteiger partial charge in [-0.25, -0.2) is 15.0 Å². The molecule has 1 unspecified atom stereocenters. The fourth-order valence-electron chi connectivity index (χ4n) is 5.24. The van der Waals surface area contributed by atoms with Crippen molar-refractivity contribution in [1.29, 1.82) is 0 Å². The Morgan fingerprint density at radius 3 is 2.51 bits per heavy atom. The van der Waals surface area contributed by atoms with Crippen LogP contribution in [0.15, 0.2) is 30.5 Å². The van der Waals surface area contributed by atoms with Crippen LogP contribution in [0.5, 0.6) is 0 Å². The van der Waals surface area contributed by atoms with Crippen LogP contribution in [0.3, 0.4) is 0 Å². The van der Waals surface area contributed by atoms with E-state index in [9.17, 15) is 18.0 Å². The van der Waals surface area contributed by atoms with Gasteiger partial charge in [0, 0.05) is 38.5 Å². The molecule has 5 rings (SSSR count). The zero-order valence-electron chi connectivity index (χ0n) is 20.1. The molecule has 1 amide bonds. The first-order chi connectivity index (χ1) is 16.5. The van der Waals surface area contributed by atoms with E-state index in [1.165, 1.54) is 13.0 Å². The number of hydrogen-bond donors (Lipinski definition) is 1. The molecule has 1 spiro atoms. The molecule has 1 N–H and O–H groups in total. The van der Waals surface area contributed by atoms with Crippen molar-refractivity contribution in [3.8, 4) is 0 Å². The number of aryl methyl sites for hydroxylation is 1. The normalized spacial score (nSPS) is 17.8. The average Bonchev–Trinajstić information content (AvgIpc) is 2.70. The summed E-state index contributed by atoms with van der Waals surface area (Å²) in [6.45, 7) is 9.92. The van der Waals surface area contributed by atoms with E-state index < -0.39 is 17.8 Å². The summed E-state index contributed by atoms with van der Waals surface area (Å²) in [6.07, 6.45) is -2.62. The number of carbonyl (C=O) groups excluding carboxylic acids is 1. The molecule has 1 atom stereocenters. The van der Waals surface area contributed by atoms with Crippen molar-refractivity contribution in [2.24, 2.45) is 5.41 Å².